The summed E-state index contributed by atoms with van der Waals surface area (Å²) in [5, 5.41) is 19.5. The minimum absolute atomic E-state index is 0.108. The van der Waals surface area contributed by atoms with Crippen molar-refractivity contribution in [2.45, 2.75) is 6.04 Å². The molecule has 0 aliphatic rings. The van der Waals surface area contributed by atoms with E-state index in [4.69, 9.17) is 0 Å². The van der Waals surface area contributed by atoms with Crippen LogP contribution in [0.1, 0.15) is 22.7 Å². The average molecular weight is 474 g/mol. The summed E-state index contributed by atoms with van der Waals surface area (Å²) in [6, 6.07) is 27.3. The Kier molecular flexibility index (Phi) is 6.29. The van der Waals surface area contributed by atoms with Gasteiger partial charge in [0.05, 0.1) is 12.3 Å². The van der Waals surface area contributed by atoms with Gasteiger partial charge in [-0.3, -0.25) is 0 Å². The first kappa shape index (κ1) is 20.6. The predicted molar refractivity (Wildman–Crippen MR) is 127 cm³/mol. The monoisotopic (exact) mass is 473 g/mol. The third-order valence-corrected chi connectivity index (χ3v) is 5.37. The van der Waals surface area contributed by atoms with Crippen molar-refractivity contribution < 1.29 is 9.90 Å². The molecule has 5 nitrogen and oxygen atoms in total. The van der Waals surface area contributed by atoms with Crippen LogP contribution in [0.3, 0.4) is 0 Å². The number of urea groups is 1. The summed E-state index contributed by atoms with van der Waals surface area (Å²) < 4.78 is 0.939. The Labute approximate surface area is 188 Å². The van der Waals surface area contributed by atoms with Crippen LogP contribution < -0.4 is 10.7 Å². The van der Waals surface area contributed by atoms with Crippen molar-refractivity contribution in [3.8, 4) is 5.75 Å². The van der Waals surface area contributed by atoms with E-state index >= 15 is 0 Å². The zero-order chi connectivity index (χ0) is 21.6. The van der Waals surface area contributed by atoms with Crippen LogP contribution in [-0.4, -0.2) is 17.4 Å². The highest BCUT2D eigenvalue weighted by Gasteiger charge is 2.22. The van der Waals surface area contributed by atoms with E-state index in [9.17, 15) is 9.90 Å². The van der Waals surface area contributed by atoms with Crippen LogP contribution in [-0.2, 0) is 0 Å². The molecule has 0 saturated carbocycles. The lowest BCUT2D eigenvalue weighted by Gasteiger charge is -2.22. The number of amides is 2. The summed E-state index contributed by atoms with van der Waals surface area (Å²) in [5.41, 5.74) is 4.85. The number of phenolic OH excluding ortho intramolecular Hbond substituents is 1. The Morgan fingerprint density at radius 3 is 2.39 bits per heavy atom. The molecule has 4 rings (SSSR count). The lowest BCUT2D eigenvalue weighted by atomic mass is 9.93. The van der Waals surface area contributed by atoms with Crippen LogP contribution in [0.2, 0.25) is 0 Å². The lowest BCUT2D eigenvalue weighted by molar-refractivity contribution is 0.239. The number of nitrogens with zero attached hydrogens (tertiary/aromatic N) is 1. The minimum atomic E-state index is -0.571. The summed E-state index contributed by atoms with van der Waals surface area (Å²) >= 11 is 3.49. The second-order valence-electron chi connectivity index (χ2n) is 6.96. The van der Waals surface area contributed by atoms with Crippen LogP contribution in [0.5, 0.6) is 5.75 Å². The van der Waals surface area contributed by atoms with Crippen molar-refractivity contribution in [2.24, 2.45) is 5.10 Å². The molecular formula is C25H20BrN3O2. The molecule has 1 unspecified atom stereocenters. The number of carbonyl (C=O) groups excluding carboxylic acids is 1. The quantitative estimate of drug-likeness (QED) is 0.255. The summed E-state index contributed by atoms with van der Waals surface area (Å²) in [4.78, 5) is 12.7. The SMILES string of the molecule is O=C(N/N=C/c1ccccc1)NC(c1ccccc1)c1c(O)ccc2cc(Br)ccc12. The third-order valence-electron chi connectivity index (χ3n) is 4.88. The first-order valence-corrected chi connectivity index (χ1v) is 10.5. The van der Waals surface area contributed by atoms with Crippen molar-refractivity contribution in [1.29, 1.82) is 0 Å². The van der Waals surface area contributed by atoms with Crippen LogP contribution in [0.4, 0.5) is 4.79 Å². The van der Waals surface area contributed by atoms with Gasteiger partial charge in [0, 0.05) is 10.0 Å². The van der Waals surface area contributed by atoms with Crippen molar-refractivity contribution in [3.63, 3.8) is 0 Å². The molecule has 31 heavy (non-hydrogen) atoms. The Bertz CT molecular complexity index is 1230. The first-order valence-electron chi connectivity index (χ1n) is 9.72. The van der Waals surface area contributed by atoms with Crippen LogP contribution >= 0.6 is 15.9 Å². The maximum atomic E-state index is 12.7. The molecule has 0 spiro atoms. The zero-order valence-corrected chi connectivity index (χ0v) is 18.1. The van der Waals surface area contributed by atoms with E-state index in [-0.39, 0.29) is 5.75 Å². The number of aromatic hydroxyl groups is 1. The maximum absolute atomic E-state index is 12.7. The molecule has 6 heteroatoms. The van der Waals surface area contributed by atoms with Crippen molar-refractivity contribution in [1.82, 2.24) is 10.7 Å². The van der Waals surface area contributed by atoms with Gasteiger partial charge in [-0.1, -0.05) is 88.7 Å². The number of rotatable bonds is 5. The number of hydrogen-bond donors (Lipinski definition) is 3. The second kappa shape index (κ2) is 9.45. The molecule has 0 saturated heterocycles. The van der Waals surface area contributed by atoms with E-state index < -0.39 is 12.1 Å². The Morgan fingerprint density at radius 1 is 0.935 bits per heavy atom. The third kappa shape index (κ3) is 4.92. The number of phenols is 1. The topological polar surface area (TPSA) is 73.7 Å². The largest absolute Gasteiger partial charge is 0.508 e. The van der Waals surface area contributed by atoms with Crippen molar-refractivity contribution in [3.05, 3.63) is 112 Å². The smallest absolute Gasteiger partial charge is 0.335 e. The average Bonchev–Trinajstić information content (AvgIpc) is 2.79. The first-order chi connectivity index (χ1) is 15.1. The number of carbonyl (C=O) groups is 1. The number of fused-ring (bicyclic) bond motifs is 1. The molecule has 0 heterocycles. The number of nitrogens with one attached hydrogen (secondary N) is 2. The van der Waals surface area contributed by atoms with Gasteiger partial charge in [-0.2, -0.15) is 5.10 Å². The zero-order valence-electron chi connectivity index (χ0n) is 16.5. The molecule has 4 aromatic carbocycles. The van der Waals surface area contributed by atoms with Gasteiger partial charge in [0.1, 0.15) is 5.75 Å². The van der Waals surface area contributed by atoms with Gasteiger partial charge in [-0.15, -0.1) is 0 Å². The Morgan fingerprint density at radius 2 is 1.65 bits per heavy atom. The number of hydrazone groups is 1. The van der Waals surface area contributed by atoms with Crippen molar-refractivity contribution >= 4 is 38.9 Å². The number of halogens is 1. The molecule has 3 N–H and O–H groups in total. The fourth-order valence-electron chi connectivity index (χ4n) is 3.45. The molecule has 0 radical (unpaired) electrons. The molecule has 0 aromatic heterocycles. The standard InChI is InChI=1S/C25H20BrN3O2/c26-20-12-13-21-19(15-20)11-14-22(30)23(21)24(18-9-5-2-6-10-18)28-25(31)29-27-16-17-7-3-1-4-8-17/h1-16,24,30H,(H2,28,29,31)/b27-16+. The van der Waals surface area contributed by atoms with Crippen LogP contribution in [0.15, 0.2) is 101 Å². The van der Waals surface area contributed by atoms with Gasteiger partial charge in [-0.05, 0) is 40.1 Å². The minimum Gasteiger partial charge on any atom is -0.508 e. The van der Waals surface area contributed by atoms with Crippen LogP contribution in [0.25, 0.3) is 10.8 Å². The molecule has 0 fully saturated rings. The van der Waals surface area contributed by atoms with E-state index in [0.29, 0.717) is 5.56 Å². The molecular weight excluding hydrogens is 454 g/mol. The molecule has 4 aromatic rings. The highest BCUT2D eigenvalue weighted by molar-refractivity contribution is 9.10. The van der Waals surface area contributed by atoms with E-state index in [1.807, 2.05) is 84.9 Å². The molecule has 2 amide bonds. The predicted octanol–water partition coefficient (Wildman–Crippen LogP) is 5.73. The van der Waals surface area contributed by atoms with Gasteiger partial charge < -0.3 is 10.4 Å². The molecule has 154 valence electrons. The Balaban J connectivity index is 1.66. The molecule has 0 aliphatic carbocycles. The Hall–Kier alpha value is -3.64. The van der Waals surface area contributed by atoms with E-state index in [1.54, 1.807) is 12.3 Å². The summed E-state index contributed by atoms with van der Waals surface area (Å²) in [5.74, 6) is 0.108. The normalized spacial score (nSPS) is 12.0. The maximum Gasteiger partial charge on any atom is 0.335 e. The van der Waals surface area contributed by atoms with Gasteiger partial charge in [0.2, 0.25) is 0 Å². The molecule has 0 aliphatic heterocycles. The number of hydrogen-bond acceptors (Lipinski definition) is 3. The van der Waals surface area contributed by atoms with Crippen LogP contribution in [0, 0.1) is 0 Å². The summed E-state index contributed by atoms with van der Waals surface area (Å²) in [6.45, 7) is 0. The fraction of sp³-hybridized carbons (Fsp3) is 0.0400. The second-order valence-corrected chi connectivity index (χ2v) is 7.88. The van der Waals surface area contributed by atoms with E-state index in [0.717, 1.165) is 26.4 Å². The highest BCUT2D eigenvalue weighted by atomic mass is 79.9. The van der Waals surface area contributed by atoms with Gasteiger partial charge in [0.15, 0.2) is 0 Å². The van der Waals surface area contributed by atoms with Gasteiger partial charge in [-0.25, -0.2) is 10.2 Å². The molecule has 1 atom stereocenters. The van der Waals surface area contributed by atoms with Gasteiger partial charge in [0.25, 0.3) is 0 Å². The van der Waals surface area contributed by atoms with E-state index in [1.165, 1.54) is 0 Å². The highest BCUT2D eigenvalue weighted by Crippen LogP contribution is 2.36. The molecule has 0 bridgehead atoms. The fourth-order valence-corrected chi connectivity index (χ4v) is 3.83. The van der Waals surface area contributed by atoms with E-state index in [2.05, 4.69) is 31.8 Å². The van der Waals surface area contributed by atoms with Crippen molar-refractivity contribution in [2.75, 3.05) is 0 Å². The van der Waals surface area contributed by atoms with Gasteiger partial charge >= 0.3 is 6.03 Å². The lowest BCUT2D eigenvalue weighted by Crippen LogP contribution is -2.36. The number of benzene rings is 4. The summed E-state index contributed by atoms with van der Waals surface area (Å²) in [6.07, 6.45) is 1.57. The summed E-state index contributed by atoms with van der Waals surface area (Å²) in [7, 11) is 0.